The van der Waals surface area contributed by atoms with E-state index in [-0.39, 0.29) is 34.9 Å². The minimum atomic E-state index is -2.18. The van der Waals surface area contributed by atoms with Crippen LogP contribution in [-0.2, 0) is 26.2 Å². The molecule has 216 valence electrons. The smallest absolute Gasteiger partial charge is 0.329 e. The van der Waals surface area contributed by atoms with Crippen molar-refractivity contribution < 1.29 is 48.8 Å². The zero-order valence-corrected chi connectivity index (χ0v) is 21.9. The lowest BCUT2D eigenvalue weighted by atomic mass is 9.76. The number of nitrogens with two attached hydrogens (primary N) is 1. The fourth-order valence-electron chi connectivity index (χ4n) is 6.04. The van der Waals surface area contributed by atoms with E-state index in [4.69, 9.17) is 10.5 Å². The van der Waals surface area contributed by atoms with Gasteiger partial charge in [0.05, 0.1) is 46.7 Å². The number of H-pyrrole nitrogens is 1. The maximum absolute atomic E-state index is 14.0. The van der Waals surface area contributed by atoms with E-state index in [1.165, 1.54) is 12.1 Å². The molecule has 43 heavy (non-hydrogen) atoms. The number of pyridine rings is 1. The Bertz CT molecular complexity index is 2070. The zero-order chi connectivity index (χ0) is 31.1. The second-order valence-corrected chi connectivity index (χ2v) is 10.0. The molecule has 0 saturated heterocycles. The van der Waals surface area contributed by atoms with Crippen LogP contribution in [0.15, 0.2) is 33.9 Å². The van der Waals surface area contributed by atoms with Crippen LogP contribution >= 0.6 is 0 Å². The molecular formula is C28H18N4O11. The van der Waals surface area contributed by atoms with Crippen molar-refractivity contribution >= 4 is 51.9 Å². The number of phenols is 3. The SMILES string of the molecule is COC1=CC(=O)c2c(O)c3c(c(O)c2C1=O)C(=O)C1(CCc2cc4cc(/C=N/NC(=O)C(N)=O)[nH]c(=O)c4c(O)c21)C3=O. The minimum absolute atomic E-state index is 0.0453. The van der Waals surface area contributed by atoms with E-state index in [2.05, 4.69) is 10.1 Å². The Kier molecular flexibility index (Phi) is 5.63. The molecule has 2 aromatic carbocycles. The van der Waals surface area contributed by atoms with Crippen molar-refractivity contribution in [3.8, 4) is 17.2 Å². The number of allylic oxidation sites excluding steroid dienone is 2. The molecule has 3 aliphatic rings. The van der Waals surface area contributed by atoms with Gasteiger partial charge in [-0.15, -0.1) is 0 Å². The summed E-state index contributed by atoms with van der Waals surface area (Å²) in [5.74, 6) is -9.59. The van der Waals surface area contributed by atoms with Crippen LogP contribution in [-0.4, -0.2) is 68.6 Å². The summed E-state index contributed by atoms with van der Waals surface area (Å²) in [6.07, 6.45) is 1.61. The molecule has 1 aromatic heterocycles. The molecule has 1 atom stereocenters. The molecule has 3 aliphatic carbocycles. The van der Waals surface area contributed by atoms with Crippen molar-refractivity contribution in [1.82, 2.24) is 10.4 Å². The number of carbonyl (C=O) groups excluding carboxylic acids is 6. The molecule has 3 aromatic rings. The van der Waals surface area contributed by atoms with Crippen LogP contribution in [0.3, 0.4) is 0 Å². The van der Waals surface area contributed by atoms with Crippen LogP contribution in [0.4, 0.5) is 0 Å². The van der Waals surface area contributed by atoms with E-state index >= 15 is 0 Å². The number of hydrogen-bond donors (Lipinski definition) is 6. The van der Waals surface area contributed by atoms with Gasteiger partial charge in [-0.2, -0.15) is 5.10 Å². The molecule has 0 saturated carbocycles. The summed E-state index contributed by atoms with van der Waals surface area (Å²) in [7, 11) is 1.11. The maximum atomic E-state index is 14.0. The lowest BCUT2D eigenvalue weighted by Gasteiger charge is -2.22. The highest BCUT2D eigenvalue weighted by Gasteiger charge is 2.61. The fraction of sp³-hybridized carbons (Fsp3) is 0.143. The van der Waals surface area contributed by atoms with Crippen molar-refractivity contribution in [2.75, 3.05) is 7.11 Å². The van der Waals surface area contributed by atoms with E-state index in [1.807, 2.05) is 5.43 Å². The Balaban J connectivity index is 1.52. The van der Waals surface area contributed by atoms with Crippen molar-refractivity contribution in [3.63, 3.8) is 0 Å². The van der Waals surface area contributed by atoms with E-state index in [0.717, 1.165) is 19.4 Å². The highest BCUT2D eigenvalue weighted by molar-refractivity contribution is 6.39. The number of ketones is 4. The lowest BCUT2D eigenvalue weighted by molar-refractivity contribution is -0.137. The van der Waals surface area contributed by atoms with Crippen LogP contribution < -0.4 is 16.7 Å². The van der Waals surface area contributed by atoms with Gasteiger partial charge >= 0.3 is 11.8 Å². The molecule has 0 bridgehead atoms. The number of aromatic hydroxyl groups is 3. The summed E-state index contributed by atoms with van der Waals surface area (Å²) in [6, 6.07) is 2.84. The molecule has 0 aliphatic heterocycles. The van der Waals surface area contributed by atoms with E-state index in [1.54, 1.807) is 0 Å². The van der Waals surface area contributed by atoms with Crippen LogP contribution in [0.1, 0.15) is 64.7 Å². The van der Waals surface area contributed by atoms with Crippen molar-refractivity contribution in [3.05, 3.63) is 73.4 Å². The number of aryl methyl sites for hydroxylation is 1. The first-order valence-electron chi connectivity index (χ1n) is 12.5. The molecule has 6 rings (SSSR count). The summed E-state index contributed by atoms with van der Waals surface area (Å²) in [6.45, 7) is 0. The number of nitrogens with one attached hydrogen (secondary N) is 2. The van der Waals surface area contributed by atoms with Gasteiger partial charge in [0.15, 0.2) is 23.1 Å². The average Bonchev–Trinajstić information content (AvgIpc) is 3.44. The second-order valence-electron chi connectivity index (χ2n) is 10.0. The Morgan fingerprint density at radius 1 is 1.00 bits per heavy atom. The molecule has 15 heteroatoms. The average molecular weight is 586 g/mol. The summed E-state index contributed by atoms with van der Waals surface area (Å²) < 4.78 is 4.89. The zero-order valence-electron chi connectivity index (χ0n) is 21.9. The number of nitrogens with zero attached hydrogens (tertiary/aromatic N) is 1. The molecule has 15 nitrogen and oxygen atoms in total. The number of primary amides is 1. The van der Waals surface area contributed by atoms with Gasteiger partial charge in [0, 0.05) is 11.6 Å². The van der Waals surface area contributed by atoms with Gasteiger partial charge in [0.1, 0.15) is 22.7 Å². The number of aromatic nitrogens is 1. The predicted octanol–water partition coefficient (Wildman–Crippen LogP) is -0.247. The number of benzene rings is 2. The van der Waals surface area contributed by atoms with Crippen molar-refractivity contribution in [2.45, 2.75) is 18.3 Å². The molecule has 7 N–H and O–H groups in total. The second kappa shape index (κ2) is 8.94. The van der Waals surface area contributed by atoms with Gasteiger partial charge in [-0.05, 0) is 29.9 Å². The van der Waals surface area contributed by atoms with Crippen LogP contribution in [0.25, 0.3) is 10.8 Å². The number of fused-ring (bicyclic) bond motifs is 5. The summed E-state index contributed by atoms with van der Waals surface area (Å²) in [4.78, 5) is 91.3. The van der Waals surface area contributed by atoms with Gasteiger partial charge in [-0.25, -0.2) is 5.43 Å². The largest absolute Gasteiger partial charge is 0.507 e. The van der Waals surface area contributed by atoms with Gasteiger partial charge in [-0.1, -0.05) is 6.07 Å². The third-order valence-corrected chi connectivity index (χ3v) is 7.85. The van der Waals surface area contributed by atoms with Gasteiger partial charge < -0.3 is 30.8 Å². The van der Waals surface area contributed by atoms with E-state index < -0.39 is 91.2 Å². The number of amides is 2. The van der Waals surface area contributed by atoms with Gasteiger partial charge in [0.2, 0.25) is 5.78 Å². The molecule has 0 fully saturated rings. The summed E-state index contributed by atoms with van der Waals surface area (Å²) in [5.41, 5.74) is 1.05. The molecule has 1 unspecified atom stereocenters. The standard InChI is InChI=1S/C28H18N4O11/c1-43-12-6-11(33)14-15(19(12)34)21(36)17-16(20(14)35)23(38)28(24(17)39)3-2-8-4-9-5-10(7-30-32-27(42)25(29)40)31-26(41)13(9)22(37)18(8)28/h4-7,35-37H,2-3H2,1H3,(H2,29,40)(H,31,41)(H,32,42)/b30-7+. The summed E-state index contributed by atoms with van der Waals surface area (Å²) >= 11 is 0. The van der Waals surface area contributed by atoms with Gasteiger partial charge in [0.25, 0.3) is 5.56 Å². The van der Waals surface area contributed by atoms with E-state index in [9.17, 15) is 48.9 Å². The Morgan fingerprint density at radius 3 is 2.28 bits per heavy atom. The number of Topliss-reactive ketones (excluding diaryl/α,β-unsaturated/α-hetero) is 3. The highest BCUT2D eigenvalue weighted by atomic mass is 16.5. The third-order valence-electron chi connectivity index (χ3n) is 7.85. The van der Waals surface area contributed by atoms with Gasteiger partial charge in [-0.3, -0.25) is 33.6 Å². The number of hydrazone groups is 1. The topological polar surface area (TPSA) is 256 Å². The van der Waals surface area contributed by atoms with E-state index in [0.29, 0.717) is 5.56 Å². The first-order chi connectivity index (χ1) is 20.3. The lowest BCUT2D eigenvalue weighted by Crippen LogP contribution is -2.36. The number of aromatic amines is 1. The molecular weight excluding hydrogens is 568 g/mol. The van der Waals surface area contributed by atoms with Crippen molar-refractivity contribution in [2.24, 2.45) is 10.8 Å². The van der Waals surface area contributed by atoms with Crippen LogP contribution in [0, 0.1) is 0 Å². The molecule has 1 heterocycles. The Morgan fingerprint density at radius 2 is 1.65 bits per heavy atom. The Labute approximate surface area is 238 Å². The number of hydrogen-bond acceptors (Lipinski definition) is 12. The minimum Gasteiger partial charge on any atom is -0.507 e. The quantitative estimate of drug-likeness (QED) is 0.0767. The summed E-state index contributed by atoms with van der Waals surface area (Å²) in [5, 5.41) is 36.9. The molecule has 1 spiro atoms. The van der Waals surface area contributed by atoms with Crippen LogP contribution in [0.5, 0.6) is 17.2 Å². The Hall–Kier alpha value is -6.12. The monoisotopic (exact) mass is 586 g/mol. The first-order valence-corrected chi connectivity index (χ1v) is 12.5. The maximum Gasteiger partial charge on any atom is 0.329 e. The van der Waals surface area contributed by atoms with Crippen LogP contribution in [0.2, 0.25) is 0 Å². The molecule has 0 radical (unpaired) electrons. The number of phenolic OH excluding ortho intramolecular Hbond substituents is 3. The third kappa shape index (κ3) is 3.41. The first kappa shape index (κ1) is 27.1. The number of rotatable bonds is 3. The number of methoxy groups -OCH3 is 1. The number of carbonyl (C=O) groups is 6. The number of ether oxygens (including phenoxy) is 1. The molecule has 2 amide bonds. The normalized spacial score (nSPS) is 18.7. The highest BCUT2D eigenvalue weighted by Crippen LogP contribution is 2.57. The fourth-order valence-corrected chi connectivity index (χ4v) is 6.04. The van der Waals surface area contributed by atoms with Crippen molar-refractivity contribution in [1.29, 1.82) is 0 Å². The predicted molar refractivity (Wildman–Crippen MR) is 143 cm³/mol.